The van der Waals surface area contributed by atoms with Gasteiger partial charge in [-0.3, -0.25) is 9.48 Å². The number of alkyl halides is 3. The quantitative estimate of drug-likeness (QED) is 0.833. The maximum absolute atomic E-state index is 13.0. The van der Waals surface area contributed by atoms with Gasteiger partial charge in [0.2, 0.25) is 5.91 Å². The summed E-state index contributed by atoms with van der Waals surface area (Å²) in [5, 5.41) is 4.14. The van der Waals surface area contributed by atoms with E-state index in [1.807, 2.05) is 13.2 Å². The number of hydrogen-bond acceptors (Lipinski definition) is 2. The largest absolute Gasteiger partial charge is 0.391 e. The van der Waals surface area contributed by atoms with Crippen molar-refractivity contribution in [3.8, 4) is 0 Å². The summed E-state index contributed by atoms with van der Waals surface area (Å²) in [6, 6.07) is -0.0394. The highest BCUT2D eigenvalue weighted by Gasteiger charge is 2.45. The molecule has 2 aliphatic rings. The van der Waals surface area contributed by atoms with Gasteiger partial charge in [-0.05, 0) is 32.1 Å². The summed E-state index contributed by atoms with van der Waals surface area (Å²) >= 11 is 0. The van der Waals surface area contributed by atoms with E-state index in [0.29, 0.717) is 19.4 Å². The van der Waals surface area contributed by atoms with Crippen LogP contribution in [0.1, 0.15) is 50.1 Å². The van der Waals surface area contributed by atoms with Crippen LogP contribution in [0.25, 0.3) is 0 Å². The molecule has 0 radical (unpaired) electrons. The van der Waals surface area contributed by atoms with Crippen LogP contribution in [0, 0.1) is 11.8 Å². The molecule has 0 bridgehead atoms. The lowest BCUT2D eigenvalue weighted by Gasteiger charge is -2.34. The molecule has 0 N–H and O–H groups in total. The van der Waals surface area contributed by atoms with Crippen molar-refractivity contribution < 1.29 is 18.0 Å². The van der Waals surface area contributed by atoms with Crippen molar-refractivity contribution in [1.82, 2.24) is 14.7 Å². The zero-order valence-corrected chi connectivity index (χ0v) is 13.2. The van der Waals surface area contributed by atoms with Gasteiger partial charge in [0.1, 0.15) is 0 Å². The summed E-state index contributed by atoms with van der Waals surface area (Å²) in [7, 11) is 1.82. The predicted octanol–water partition coefficient (Wildman–Crippen LogP) is 3.45. The molecule has 1 amide bonds. The van der Waals surface area contributed by atoms with E-state index in [2.05, 4.69) is 5.10 Å². The van der Waals surface area contributed by atoms with Crippen molar-refractivity contribution in [3.63, 3.8) is 0 Å². The second kappa shape index (κ2) is 6.17. The third-order valence-electron chi connectivity index (χ3n) is 5.13. The zero-order valence-electron chi connectivity index (χ0n) is 13.2. The van der Waals surface area contributed by atoms with Crippen molar-refractivity contribution in [2.75, 3.05) is 6.54 Å². The standard InChI is InChI=1S/C16H22F3N3O/c1-21-10-12(9-20-21)14-6-3-7-22(14)15(23)11-4-2-5-13(8-11)16(17,18)19/h9-11,13-14H,2-8H2,1H3. The average Bonchev–Trinajstić information content (AvgIpc) is 3.14. The van der Waals surface area contributed by atoms with Gasteiger partial charge in [-0.2, -0.15) is 18.3 Å². The topological polar surface area (TPSA) is 38.1 Å². The first-order chi connectivity index (χ1) is 10.9. The van der Waals surface area contributed by atoms with Crippen molar-refractivity contribution in [2.45, 2.75) is 50.7 Å². The first-order valence-electron chi connectivity index (χ1n) is 8.22. The molecule has 1 saturated heterocycles. The normalized spacial score (nSPS) is 29.0. The number of amides is 1. The van der Waals surface area contributed by atoms with Crippen LogP contribution in [-0.2, 0) is 11.8 Å². The summed E-state index contributed by atoms with van der Waals surface area (Å²) in [4.78, 5) is 14.6. The molecule has 128 valence electrons. The Kier molecular flexibility index (Phi) is 4.38. The van der Waals surface area contributed by atoms with Crippen molar-refractivity contribution in [3.05, 3.63) is 18.0 Å². The Morgan fingerprint density at radius 3 is 2.70 bits per heavy atom. The minimum absolute atomic E-state index is 0.0394. The van der Waals surface area contributed by atoms with Crippen molar-refractivity contribution in [1.29, 1.82) is 0 Å². The molecule has 1 aromatic rings. The molecule has 3 unspecified atom stereocenters. The predicted molar refractivity (Wildman–Crippen MR) is 78.4 cm³/mol. The van der Waals surface area contributed by atoms with Crippen LogP contribution >= 0.6 is 0 Å². The zero-order chi connectivity index (χ0) is 16.6. The van der Waals surface area contributed by atoms with Crippen LogP contribution in [-0.4, -0.2) is 33.3 Å². The average molecular weight is 329 g/mol. The highest BCUT2D eigenvalue weighted by atomic mass is 19.4. The Labute approximate surface area is 133 Å². The molecular formula is C16H22F3N3O. The molecule has 23 heavy (non-hydrogen) atoms. The highest BCUT2D eigenvalue weighted by Crippen LogP contribution is 2.42. The van der Waals surface area contributed by atoms with E-state index < -0.39 is 18.0 Å². The molecule has 1 aliphatic heterocycles. The number of halogens is 3. The van der Waals surface area contributed by atoms with Gasteiger partial charge in [0.15, 0.2) is 0 Å². The van der Waals surface area contributed by atoms with Gasteiger partial charge in [-0.15, -0.1) is 0 Å². The van der Waals surface area contributed by atoms with Gasteiger partial charge in [-0.1, -0.05) is 6.42 Å². The second-order valence-corrected chi connectivity index (χ2v) is 6.74. The minimum atomic E-state index is -4.19. The fourth-order valence-corrected chi connectivity index (χ4v) is 3.94. The number of rotatable bonds is 2. The fourth-order valence-electron chi connectivity index (χ4n) is 3.94. The monoisotopic (exact) mass is 329 g/mol. The number of aromatic nitrogens is 2. The lowest BCUT2D eigenvalue weighted by molar-refractivity contribution is -0.187. The third kappa shape index (κ3) is 3.38. The molecule has 0 aromatic carbocycles. The fraction of sp³-hybridized carbons (Fsp3) is 0.750. The third-order valence-corrected chi connectivity index (χ3v) is 5.13. The van der Waals surface area contributed by atoms with Gasteiger partial charge in [0, 0.05) is 31.3 Å². The van der Waals surface area contributed by atoms with Crippen LogP contribution in [0.2, 0.25) is 0 Å². The molecule has 4 nitrogen and oxygen atoms in total. The molecule has 3 atom stereocenters. The maximum Gasteiger partial charge on any atom is 0.391 e. The number of aryl methyl sites for hydroxylation is 1. The van der Waals surface area contributed by atoms with Crippen LogP contribution < -0.4 is 0 Å². The number of carbonyl (C=O) groups excluding carboxylic acids is 1. The number of likely N-dealkylation sites (tertiary alicyclic amines) is 1. The molecule has 2 fully saturated rings. The lowest BCUT2D eigenvalue weighted by atomic mass is 9.80. The molecule has 1 aliphatic carbocycles. The van der Waals surface area contributed by atoms with Crippen LogP contribution in [0.15, 0.2) is 12.4 Å². The smallest absolute Gasteiger partial charge is 0.335 e. The second-order valence-electron chi connectivity index (χ2n) is 6.74. The molecule has 0 spiro atoms. The van der Waals surface area contributed by atoms with Crippen LogP contribution in [0.5, 0.6) is 0 Å². The van der Waals surface area contributed by atoms with E-state index in [9.17, 15) is 18.0 Å². The van der Waals surface area contributed by atoms with E-state index in [1.165, 1.54) is 0 Å². The summed E-state index contributed by atoms with van der Waals surface area (Å²) in [5.74, 6) is -1.93. The van der Waals surface area contributed by atoms with E-state index >= 15 is 0 Å². The molecule has 3 rings (SSSR count). The minimum Gasteiger partial charge on any atom is -0.335 e. The molecule has 1 aromatic heterocycles. The van der Waals surface area contributed by atoms with E-state index in [4.69, 9.17) is 0 Å². The maximum atomic E-state index is 13.0. The van der Waals surface area contributed by atoms with Gasteiger partial charge in [0.25, 0.3) is 0 Å². The first kappa shape index (κ1) is 16.3. The number of carbonyl (C=O) groups is 1. The van der Waals surface area contributed by atoms with Gasteiger partial charge in [-0.25, -0.2) is 0 Å². The molecule has 2 heterocycles. The van der Waals surface area contributed by atoms with Gasteiger partial charge < -0.3 is 4.90 Å². The number of nitrogens with zero attached hydrogens (tertiary/aromatic N) is 3. The van der Waals surface area contributed by atoms with Crippen molar-refractivity contribution in [2.24, 2.45) is 18.9 Å². The van der Waals surface area contributed by atoms with Crippen LogP contribution in [0.3, 0.4) is 0 Å². The van der Waals surface area contributed by atoms with Gasteiger partial charge >= 0.3 is 6.18 Å². The lowest BCUT2D eigenvalue weighted by Crippen LogP contribution is -2.40. The van der Waals surface area contributed by atoms with E-state index in [1.54, 1.807) is 15.8 Å². The van der Waals surface area contributed by atoms with Crippen LogP contribution in [0.4, 0.5) is 13.2 Å². The SMILES string of the molecule is Cn1cc(C2CCCN2C(=O)C2CCCC(C(F)(F)F)C2)cn1. The Morgan fingerprint density at radius 1 is 1.26 bits per heavy atom. The molecule has 7 heteroatoms. The Bertz CT molecular complexity index is 569. The van der Waals surface area contributed by atoms with Gasteiger partial charge in [0.05, 0.1) is 18.2 Å². The summed E-state index contributed by atoms with van der Waals surface area (Å²) in [5.41, 5.74) is 0.974. The Morgan fingerprint density at radius 2 is 2.04 bits per heavy atom. The summed E-state index contributed by atoms with van der Waals surface area (Å²) in [6.07, 6.45) is 2.33. The molecule has 1 saturated carbocycles. The highest BCUT2D eigenvalue weighted by molar-refractivity contribution is 5.79. The summed E-state index contributed by atoms with van der Waals surface area (Å²) < 4.78 is 40.6. The first-order valence-corrected chi connectivity index (χ1v) is 8.22. The summed E-state index contributed by atoms with van der Waals surface area (Å²) in [6.45, 7) is 0.631. The Balaban J connectivity index is 1.71. The van der Waals surface area contributed by atoms with Crippen molar-refractivity contribution >= 4 is 5.91 Å². The number of hydrogen-bond donors (Lipinski definition) is 0. The Hall–Kier alpha value is -1.53. The molecular weight excluding hydrogens is 307 g/mol. The van der Waals surface area contributed by atoms with E-state index in [-0.39, 0.29) is 24.8 Å². The van der Waals surface area contributed by atoms with E-state index in [0.717, 1.165) is 18.4 Å².